The van der Waals surface area contributed by atoms with Crippen molar-refractivity contribution >= 4 is 11.7 Å². The first-order valence-corrected chi connectivity index (χ1v) is 4.74. The number of aromatic nitrogens is 3. The van der Waals surface area contributed by atoms with E-state index in [-0.39, 0.29) is 5.91 Å². The summed E-state index contributed by atoms with van der Waals surface area (Å²) >= 11 is 0. The molecule has 0 aliphatic rings. The van der Waals surface area contributed by atoms with Gasteiger partial charge in [-0.2, -0.15) is 0 Å². The molecule has 6 heteroatoms. The van der Waals surface area contributed by atoms with E-state index in [2.05, 4.69) is 20.3 Å². The van der Waals surface area contributed by atoms with E-state index in [1.54, 1.807) is 30.6 Å². The van der Waals surface area contributed by atoms with Crippen molar-refractivity contribution < 1.29 is 4.79 Å². The molecule has 1 amide bonds. The van der Waals surface area contributed by atoms with E-state index in [4.69, 9.17) is 5.73 Å². The predicted octanol–water partition coefficient (Wildman–Crippen LogP) is 0.317. The minimum Gasteiger partial charge on any atom is -0.384 e. The molecule has 6 nitrogen and oxygen atoms in total. The van der Waals surface area contributed by atoms with Crippen LogP contribution in [0.25, 0.3) is 0 Å². The first-order chi connectivity index (χ1) is 7.75. The van der Waals surface area contributed by atoms with E-state index < -0.39 is 0 Å². The van der Waals surface area contributed by atoms with Gasteiger partial charge in [-0.05, 0) is 12.1 Å². The van der Waals surface area contributed by atoms with Gasteiger partial charge in [0.25, 0.3) is 5.91 Å². The quantitative estimate of drug-likeness (QED) is 0.689. The number of nitrogens with two attached hydrogens (primary N) is 1. The first-order valence-electron chi connectivity index (χ1n) is 4.74. The van der Waals surface area contributed by atoms with Crippen molar-refractivity contribution in [1.82, 2.24) is 20.3 Å². The Labute approximate surface area is 91.9 Å². The molecule has 2 heterocycles. The SMILES string of the molecule is Nc1cccc(C(=O)NCc2ncc[nH]2)n1. The highest BCUT2D eigenvalue weighted by atomic mass is 16.1. The molecule has 0 aliphatic carbocycles. The summed E-state index contributed by atoms with van der Waals surface area (Å²) in [5.74, 6) is 0.742. The predicted molar refractivity (Wildman–Crippen MR) is 58.4 cm³/mol. The lowest BCUT2D eigenvalue weighted by Gasteiger charge is -2.02. The van der Waals surface area contributed by atoms with E-state index in [0.29, 0.717) is 23.9 Å². The normalized spacial score (nSPS) is 10.0. The molecule has 0 aliphatic heterocycles. The Bertz CT molecular complexity index is 480. The van der Waals surface area contributed by atoms with Gasteiger partial charge in [-0.3, -0.25) is 4.79 Å². The minimum atomic E-state index is -0.274. The minimum absolute atomic E-state index is 0.274. The summed E-state index contributed by atoms with van der Waals surface area (Å²) in [6.45, 7) is 0.336. The zero-order valence-corrected chi connectivity index (χ0v) is 8.47. The highest BCUT2D eigenvalue weighted by molar-refractivity contribution is 5.92. The van der Waals surface area contributed by atoms with Crippen molar-refractivity contribution in [1.29, 1.82) is 0 Å². The number of carbonyl (C=O) groups is 1. The summed E-state index contributed by atoms with van der Waals surface area (Å²) in [5.41, 5.74) is 5.78. The van der Waals surface area contributed by atoms with Gasteiger partial charge in [-0.25, -0.2) is 9.97 Å². The lowest BCUT2D eigenvalue weighted by atomic mass is 10.3. The van der Waals surface area contributed by atoms with Gasteiger partial charge in [0.15, 0.2) is 0 Å². The molecule has 2 aromatic heterocycles. The summed E-state index contributed by atoms with van der Waals surface area (Å²) in [6, 6.07) is 4.92. The third-order valence-electron chi connectivity index (χ3n) is 1.97. The molecule has 4 N–H and O–H groups in total. The third-order valence-corrected chi connectivity index (χ3v) is 1.97. The van der Waals surface area contributed by atoms with Gasteiger partial charge in [0.2, 0.25) is 0 Å². The maximum Gasteiger partial charge on any atom is 0.270 e. The topological polar surface area (TPSA) is 96.7 Å². The van der Waals surface area contributed by atoms with Gasteiger partial charge in [0, 0.05) is 12.4 Å². The number of hydrogen-bond donors (Lipinski definition) is 3. The lowest BCUT2D eigenvalue weighted by Crippen LogP contribution is -2.24. The molecule has 0 fully saturated rings. The second-order valence-electron chi connectivity index (χ2n) is 3.17. The fourth-order valence-electron chi connectivity index (χ4n) is 1.23. The molecule has 82 valence electrons. The van der Waals surface area contributed by atoms with Crippen molar-refractivity contribution in [3.05, 3.63) is 42.1 Å². The standard InChI is InChI=1S/C10H11N5O/c11-8-3-1-2-7(15-8)10(16)14-6-9-12-4-5-13-9/h1-5H,6H2,(H2,11,15)(H,12,13)(H,14,16). The molecule has 0 atom stereocenters. The third kappa shape index (κ3) is 2.35. The van der Waals surface area contributed by atoms with Crippen LogP contribution in [0.5, 0.6) is 0 Å². The summed E-state index contributed by atoms with van der Waals surface area (Å²) in [7, 11) is 0. The van der Waals surface area contributed by atoms with E-state index in [0.717, 1.165) is 0 Å². The zero-order valence-electron chi connectivity index (χ0n) is 8.47. The average Bonchev–Trinajstić information content (AvgIpc) is 2.78. The van der Waals surface area contributed by atoms with Crippen molar-refractivity contribution in [3.8, 4) is 0 Å². The summed E-state index contributed by atoms with van der Waals surface area (Å²) < 4.78 is 0. The monoisotopic (exact) mass is 217 g/mol. The fourth-order valence-corrected chi connectivity index (χ4v) is 1.23. The molecule has 0 unspecified atom stereocenters. The molecule has 0 aromatic carbocycles. The molecule has 16 heavy (non-hydrogen) atoms. The molecule has 0 spiro atoms. The van der Waals surface area contributed by atoms with E-state index in [9.17, 15) is 4.79 Å². The van der Waals surface area contributed by atoms with Crippen LogP contribution in [-0.4, -0.2) is 20.9 Å². The van der Waals surface area contributed by atoms with Crippen LogP contribution >= 0.6 is 0 Å². The van der Waals surface area contributed by atoms with Crippen molar-refractivity contribution in [2.75, 3.05) is 5.73 Å². The van der Waals surface area contributed by atoms with Crippen molar-refractivity contribution in [2.45, 2.75) is 6.54 Å². The number of imidazole rings is 1. The highest BCUT2D eigenvalue weighted by Crippen LogP contribution is 2.00. The second-order valence-corrected chi connectivity index (χ2v) is 3.17. The molecule has 0 bridgehead atoms. The summed E-state index contributed by atoms with van der Waals surface area (Å²) in [6.07, 6.45) is 3.32. The number of anilines is 1. The van der Waals surface area contributed by atoms with Crippen LogP contribution in [0.15, 0.2) is 30.6 Å². The zero-order chi connectivity index (χ0) is 11.4. The number of H-pyrrole nitrogens is 1. The summed E-state index contributed by atoms with van der Waals surface area (Å²) in [5, 5.41) is 2.68. The number of nitrogens with one attached hydrogen (secondary N) is 2. The number of rotatable bonds is 3. The van der Waals surface area contributed by atoms with Crippen LogP contribution < -0.4 is 11.1 Å². The second kappa shape index (κ2) is 4.43. The Balaban J connectivity index is 1.98. The van der Waals surface area contributed by atoms with Crippen molar-refractivity contribution in [2.24, 2.45) is 0 Å². The van der Waals surface area contributed by atoms with Gasteiger partial charge in [0.05, 0.1) is 6.54 Å². The van der Waals surface area contributed by atoms with E-state index >= 15 is 0 Å². The first kappa shape index (κ1) is 10.2. The van der Waals surface area contributed by atoms with Gasteiger partial charge in [-0.15, -0.1) is 0 Å². The van der Waals surface area contributed by atoms with Crippen LogP contribution in [0, 0.1) is 0 Å². The fraction of sp³-hybridized carbons (Fsp3) is 0.100. The highest BCUT2D eigenvalue weighted by Gasteiger charge is 2.07. The Morgan fingerprint density at radius 2 is 2.38 bits per heavy atom. The van der Waals surface area contributed by atoms with E-state index in [1.165, 1.54) is 0 Å². The Morgan fingerprint density at radius 3 is 3.06 bits per heavy atom. The number of amides is 1. The number of hydrogen-bond acceptors (Lipinski definition) is 4. The average molecular weight is 217 g/mol. The molecule has 0 saturated carbocycles. The van der Waals surface area contributed by atoms with Crippen LogP contribution in [0.2, 0.25) is 0 Å². The molecule has 0 radical (unpaired) electrons. The van der Waals surface area contributed by atoms with Gasteiger partial charge >= 0.3 is 0 Å². The number of nitrogens with zero attached hydrogens (tertiary/aromatic N) is 2. The van der Waals surface area contributed by atoms with Crippen LogP contribution in [0.3, 0.4) is 0 Å². The van der Waals surface area contributed by atoms with Gasteiger partial charge < -0.3 is 16.0 Å². The Morgan fingerprint density at radius 1 is 1.50 bits per heavy atom. The smallest absolute Gasteiger partial charge is 0.270 e. The molecule has 2 aromatic rings. The van der Waals surface area contributed by atoms with E-state index in [1.807, 2.05) is 0 Å². The van der Waals surface area contributed by atoms with Gasteiger partial charge in [0.1, 0.15) is 17.3 Å². The molecular formula is C10H11N5O. The van der Waals surface area contributed by atoms with Crippen molar-refractivity contribution in [3.63, 3.8) is 0 Å². The number of pyridine rings is 1. The Hall–Kier alpha value is -2.37. The van der Waals surface area contributed by atoms with Crippen LogP contribution in [0.4, 0.5) is 5.82 Å². The van der Waals surface area contributed by atoms with Crippen LogP contribution in [-0.2, 0) is 6.54 Å². The maximum absolute atomic E-state index is 11.6. The van der Waals surface area contributed by atoms with Gasteiger partial charge in [-0.1, -0.05) is 6.07 Å². The largest absolute Gasteiger partial charge is 0.384 e. The molecule has 0 saturated heterocycles. The molecule has 2 rings (SSSR count). The van der Waals surface area contributed by atoms with Crippen LogP contribution in [0.1, 0.15) is 16.3 Å². The maximum atomic E-state index is 11.6. The lowest BCUT2D eigenvalue weighted by molar-refractivity contribution is 0.0945. The Kier molecular flexibility index (Phi) is 2.81. The molecular weight excluding hydrogens is 206 g/mol. The number of aromatic amines is 1. The summed E-state index contributed by atoms with van der Waals surface area (Å²) in [4.78, 5) is 22.4. The number of carbonyl (C=O) groups excluding carboxylic acids is 1. The number of nitrogen functional groups attached to an aromatic ring is 1.